The largest absolute Gasteiger partial charge is 0.310 e. The van der Waals surface area contributed by atoms with Crippen LogP contribution < -0.4 is 10.9 Å². The highest BCUT2D eigenvalue weighted by Gasteiger charge is 2.20. The molecule has 8 heteroatoms. The van der Waals surface area contributed by atoms with Gasteiger partial charge in [0.15, 0.2) is 0 Å². The molecule has 3 aromatic rings. The molecule has 3 aromatic heterocycles. The Kier molecular flexibility index (Phi) is 5.50. The highest BCUT2D eigenvalue weighted by Crippen LogP contribution is 2.33. The van der Waals surface area contributed by atoms with Crippen LogP contribution >= 0.6 is 23.1 Å². The van der Waals surface area contributed by atoms with E-state index in [4.69, 9.17) is 0 Å². The number of aromatic nitrogens is 3. The molecule has 6 nitrogen and oxygen atoms in total. The summed E-state index contributed by atoms with van der Waals surface area (Å²) in [4.78, 5) is 39.0. The Morgan fingerprint density at radius 3 is 2.96 bits per heavy atom. The zero-order valence-electron chi connectivity index (χ0n) is 15.9. The lowest BCUT2D eigenvalue weighted by molar-refractivity contribution is -0.115. The number of thioether (sulfide) groups is 1. The molecule has 1 aliphatic rings. The number of aryl methyl sites for hydroxylation is 3. The first-order valence-electron chi connectivity index (χ1n) is 9.41. The number of carbonyl (C=O) groups is 1. The Balaban J connectivity index is 1.45. The smallest absolute Gasteiger partial charge is 0.259 e. The van der Waals surface area contributed by atoms with Crippen molar-refractivity contribution in [1.29, 1.82) is 0 Å². The van der Waals surface area contributed by atoms with Crippen molar-refractivity contribution in [1.82, 2.24) is 15.0 Å². The van der Waals surface area contributed by atoms with Gasteiger partial charge in [-0.15, -0.1) is 23.1 Å². The third kappa shape index (κ3) is 3.98. The Labute approximate surface area is 171 Å². The summed E-state index contributed by atoms with van der Waals surface area (Å²) in [7, 11) is 0. The molecule has 0 fully saturated rings. The molecule has 146 valence electrons. The van der Waals surface area contributed by atoms with Crippen LogP contribution in [0.1, 0.15) is 41.7 Å². The van der Waals surface area contributed by atoms with Crippen LogP contribution in [0.15, 0.2) is 23.0 Å². The molecule has 0 radical (unpaired) electrons. The van der Waals surface area contributed by atoms with Gasteiger partial charge in [0.25, 0.3) is 5.56 Å². The molecule has 3 heterocycles. The fraction of sp³-hybridized carbons (Fsp3) is 0.400. The molecule has 0 aliphatic heterocycles. The van der Waals surface area contributed by atoms with Crippen LogP contribution in [0, 0.1) is 6.92 Å². The van der Waals surface area contributed by atoms with E-state index >= 15 is 0 Å². The number of thiophene rings is 1. The minimum atomic E-state index is -0.292. The summed E-state index contributed by atoms with van der Waals surface area (Å²) < 4.78 is 0. The lowest BCUT2D eigenvalue weighted by Crippen LogP contribution is -2.23. The number of anilines is 1. The Morgan fingerprint density at radius 1 is 1.32 bits per heavy atom. The van der Waals surface area contributed by atoms with Crippen LogP contribution in [-0.2, 0) is 23.4 Å². The monoisotopic (exact) mass is 414 g/mol. The van der Waals surface area contributed by atoms with E-state index in [1.54, 1.807) is 17.4 Å². The number of carbonyl (C=O) groups excluding carboxylic acids is 1. The van der Waals surface area contributed by atoms with Crippen molar-refractivity contribution in [2.45, 2.75) is 50.5 Å². The van der Waals surface area contributed by atoms with Crippen molar-refractivity contribution >= 4 is 45.0 Å². The maximum Gasteiger partial charge on any atom is 0.259 e. The number of rotatable bonds is 5. The van der Waals surface area contributed by atoms with Gasteiger partial charge >= 0.3 is 0 Å². The maximum absolute atomic E-state index is 12.6. The van der Waals surface area contributed by atoms with E-state index in [9.17, 15) is 9.59 Å². The highest BCUT2D eigenvalue weighted by molar-refractivity contribution is 7.99. The van der Waals surface area contributed by atoms with E-state index in [0.717, 1.165) is 35.2 Å². The van der Waals surface area contributed by atoms with E-state index in [2.05, 4.69) is 20.3 Å². The van der Waals surface area contributed by atoms with Gasteiger partial charge in [0.05, 0.1) is 16.4 Å². The summed E-state index contributed by atoms with van der Waals surface area (Å²) >= 11 is 3.09. The molecular weight excluding hydrogens is 392 g/mol. The van der Waals surface area contributed by atoms with Crippen LogP contribution in [0.3, 0.4) is 0 Å². The van der Waals surface area contributed by atoms with Crippen molar-refractivity contribution < 1.29 is 4.79 Å². The number of aromatic amines is 1. The first-order valence-corrected chi connectivity index (χ1v) is 11.3. The lowest BCUT2D eigenvalue weighted by atomic mass is 9.97. The number of pyridine rings is 1. The fourth-order valence-electron chi connectivity index (χ4n) is 3.40. The van der Waals surface area contributed by atoms with Gasteiger partial charge < -0.3 is 10.3 Å². The second-order valence-corrected chi connectivity index (χ2v) is 9.42. The Hall–Kier alpha value is -2.19. The van der Waals surface area contributed by atoms with Crippen molar-refractivity contribution in [3.63, 3.8) is 0 Å². The Morgan fingerprint density at radius 2 is 2.14 bits per heavy atom. The maximum atomic E-state index is 12.6. The molecular formula is C20H22N4O2S2. The zero-order chi connectivity index (χ0) is 19.7. The summed E-state index contributed by atoms with van der Waals surface area (Å²) in [6.07, 6.45) is 4.34. The van der Waals surface area contributed by atoms with E-state index in [1.165, 1.54) is 28.6 Å². The van der Waals surface area contributed by atoms with Crippen LogP contribution in [0.4, 0.5) is 5.82 Å². The lowest BCUT2D eigenvalue weighted by Gasteiger charge is -2.11. The van der Waals surface area contributed by atoms with Gasteiger partial charge in [0, 0.05) is 10.6 Å². The van der Waals surface area contributed by atoms with E-state index in [-0.39, 0.29) is 16.7 Å². The van der Waals surface area contributed by atoms with Crippen LogP contribution in [0.25, 0.3) is 10.2 Å². The van der Waals surface area contributed by atoms with Gasteiger partial charge in [-0.25, -0.2) is 9.97 Å². The summed E-state index contributed by atoms with van der Waals surface area (Å²) in [5, 5.41) is 3.31. The number of fused-ring (bicyclic) bond motifs is 3. The number of nitrogens with one attached hydrogen (secondary N) is 2. The molecule has 0 spiro atoms. The average molecular weight is 415 g/mol. The number of hydrogen-bond donors (Lipinski definition) is 2. The second kappa shape index (κ2) is 8.05. The van der Waals surface area contributed by atoms with Gasteiger partial charge in [-0.1, -0.05) is 6.07 Å². The molecule has 0 aromatic carbocycles. The second-order valence-electron chi connectivity index (χ2n) is 7.01. The van der Waals surface area contributed by atoms with Gasteiger partial charge in [-0.05, 0) is 57.2 Å². The molecule has 0 saturated heterocycles. The number of nitrogens with zero attached hydrogens (tertiary/aromatic N) is 2. The van der Waals surface area contributed by atoms with Crippen molar-refractivity contribution in [2.75, 3.05) is 5.32 Å². The van der Waals surface area contributed by atoms with Gasteiger partial charge in [0.2, 0.25) is 5.91 Å². The molecule has 2 N–H and O–H groups in total. The molecule has 0 bridgehead atoms. The predicted molar refractivity (Wildman–Crippen MR) is 115 cm³/mol. The molecule has 28 heavy (non-hydrogen) atoms. The normalized spacial score (nSPS) is 14.6. The standard InChI is InChI=1S/C20H22N4O2S2/c1-11-6-5-9-15(21-11)22-18(25)12(2)27-10-16-23-19(26)17-13-7-3-4-8-14(13)28-20(17)24-16/h5-6,9,12H,3-4,7-8,10H2,1-2H3,(H,21,22,25)(H,23,24,26)/t12-/m0/s1. The third-order valence-corrected chi connectivity index (χ3v) is 7.19. The summed E-state index contributed by atoms with van der Waals surface area (Å²) in [6, 6.07) is 5.52. The van der Waals surface area contributed by atoms with Crippen molar-refractivity contribution in [2.24, 2.45) is 0 Å². The quantitative estimate of drug-likeness (QED) is 0.662. The summed E-state index contributed by atoms with van der Waals surface area (Å²) in [5.74, 6) is 1.53. The molecule has 4 rings (SSSR count). The van der Waals surface area contributed by atoms with Crippen LogP contribution in [-0.4, -0.2) is 26.1 Å². The van der Waals surface area contributed by atoms with E-state index in [0.29, 0.717) is 17.4 Å². The van der Waals surface area contributed by atoms with Crippen LogP contribution in [0.5, 0.6) is 0 Å². The molecule has 1 amide bonds. The highest BCUT2D eigenvalue weighted by atomic mass is 32.2. The summed E-state index contributed by atoms with van der Waals surface area (Å²) in [5.41, 5.74) is 1.99. The SMILES string of the molecule is Cc1cccc(NC(=O)[C@H](C)SCc2nc3sc4c(c3c(=O)[nH]2)CCCC4)n1. The Bertz CT molecular complexity index is 1090. The van der Waals surface area contributed by atoms with Crippen LogP contribution in [0.2, 0.25) is 0 Å². The molecule has 1 aliphatic carbocycles. The van der Waals surface area contributed by atoms with Crippen molar-refractivity contribution in [3.8, 4) is 0 Å². The predicted octanol–water partition coefficient (Wildman–Crippen LogP) is 3.83. The van der Waals surface area contributed by atoms with Crippen molar-refractivity contribution in [3.05, 3.63) is 50.5 Å². The average Bonchev–Trinajstić information content (AvgIpc) is 3.05. The van der Waals surface area contributed by atoms with Gasteiger partial charge in [-0.2, -0.15) is 0 Å². The topological polar surface area (TPSA) is 87.7 Å². The van der Waals surface area contributed by atoms with Gasteiger partial charge in [0.1, 0.15) is 16.5 Å². The molecule has 0 saturated carbocycles. The number of H-pyrrole nitrogens is 1. The molecule has 0 unspecified atom stereocenters. The minimum Gasteiger partial charge on any atom is -0.310 e. The number of hydrogen-bond acceptors (Lipinski definition) is 6. The molecule has 1 atom stereocenters. The number of amides is 1. The third-order valence-electron chi connectivity index (χ3n) is 4.85. The zero-order valence-corrected chi connectivity index (χ0v) is 17.5. The first kappa shape index (κ1) is 19.1. The van der Waals surface area contributed by atoms with Gasteiger partial charge in [-0.3, -0.25) is 9.59 Å². The minimum absolute atomic E-state index is 0.0546. The van der Waals surface area contributed by atoms with E-state index in [1.807, 2.05) is 26.0 Å². The van der Waals surface area contributed by atoms with E-state index < -0.39 is 0 Å². The first-order chi connectivity index (χ1) is 13.5. The summed E-state index contributed by atoms with van der Waals surface area (Å²) in [6.45, 7) is 3.73. The fourth-order valence-corrected chi connectivity index (χ4v) is 5.43.